The van der Waals surface area contributed by atoms with Gasteiger partial charge in [0.2, 0.25) is 10.0 Å². The van der Waals surface area contributed by atoms with Crippen LogP contribution in [0.2, 0.25) is 0 Å². The lowest BCUT2D eigenvalue weighted by Gasteiger charge is -2.20. The zero-order valence-corrected chi connectivity index (χ0v) is 17.0. The molecule has 1 aliphatic heterocycles. The number of aryl methyl sites for hydroxylation is 2. The Hall–Kier alpha value is -1.91. The topological polar surface area (TPSA) is 112 Å². The van der Waals surface area contributed by atoms with Gasteiger partial charge in [-0.1, -0.05) is 12.8 Å². The van der Waals surface area contributed by atoms with Crippen LogP contribution in [0.25, 0.3) is 0 Å². The van der Waals surface area contributed by atoms with E-state index in [1.54, 1.807) is 13.8 Å². The third-order valence-electron chi connectivity index (χ3n) is 4.64. The van der Waals surface area contributed by atoms with Crippen molar-refractivity contribution in [2.45, 2.75) is 49.3 Å². The molecule has 10 heteroatoms. The number of nitrogens with one attached hydrogen (secondary N) is 2. The Labute approximate surface area is 160 Å². The molecule has 0 unspecified atom stereocenters. The summed E-state index contributed by atoms with van der Waals surface area (Å²) in [7, 11) is -7.37. The minimum absolute atomic E-state index is 0.101. The van der Waals surface area contributed by atoms with Gasteiger partial charge in [0.15, 0.2) is 0 Å². The van der Waals surface area contributed by atoms with Crippen LogP contribution in [-0.2, 0) is 20.0 Å². The molecule has 0 amide bonds. The van der Waals surface area contributed by atoms with Crippen molar-refractivity contribution in [3.05, 3.63) is 35.7 Å². The highest BCUT2D eigenvalue weighted by Crippen LogP contribution is 2.24. The summed E-state index contributed by atoms with van der Waals surface area (Å²) in [5.41, 5.74) is 1.12. The predicted molar refractivity (Wildman–Crippen MR) is 103 cm³/mol. The van der Waals surface area contributed by atoms with Gasteiger partial charge in [0, 0.05) is 18.8 Å². The average Bonchev–Trinajstić information content (AvgIpc) is 2.81. The summed E-state index contributed by atoms with van der Waals surface area (Å²) in [5, 5.41) is 6.55. The number of aromatic amines is 1. The van der Waals surface area contributed by atoms with Crippen LogP contribution in [0.3, 0.4) is 0 Å². The molecule has 0 atom stereocenters. The molecule has 2 N–H and O–H groups in total. The quantitative estimate of drug-likeness (QED) is 0.783. The summed E-state index contributed by atoms with van der Waals surface area (Å²) in [5.74, 6) is 0. The molecule has 27 heavy (non-hydrogen) atoms. The lowest BCUT2D eigenvalue weighted by Crippen LogP contribution is -2.31. The number of rotatable bonds is 5. The first-order valence-corrected chi connectivity index (χ1v) is 11.8. The second-order valence-electron chi connectivity index (χ2n) is 6.71. The van der Waals surface area contributed by atoms with E-state index in [-0.39, 0.29) is 9.79 Å². The van der Waals surface area contributed by atoms with Crippen LogP contribution in [-0.4, -0.2) is 44.4 Å². The molecule has 2 aromatic rings. The first kappa shape index (κ1) is 19.8. The van der Waals surface area contributed by atoms with Gasteiger partial charge in [-0.2, -0.15) is 9.40 Å². The van der Waals surface area contributed by atoms with E-state index in [4.69, 9.17) is 0 Å². The number of aromatic nitrogens is 2. The maximum absolute atomic E-state index is 12.8. The van der Waals surface area contributed by atoms with Gasteiger partial charge in [-0.3, -0.25) is 9.82 Å². The summed E-state index contributed by atoms with van der Waals surface area (Å²) < 4.78 is 54.7. The van der Waals surface area contributed by atoms with Crippen LogP contribution in [0.1, 0.15) is 37.1 Å². The monoisotopic (exact) mass is 412 g/mol. The first-order chi connectivity index (χ1) is 12.7. The third-order valence-corrected chi connectivity index (χ3v) is 8.19. The number of anilines is 1. The van der Waals surface area contributed by atoms with Crippen molar-refractivity contribution in [2.24, 2.45) is 0 Å². The van der Waals surface area contributed by atoms with Crippen molar-refractivity contribution < 1.29 is 16.8 Å². The molecule has 1 aromatic carbocycles. The predicted octanol–water partition coefficient (Wildman–Crippen LogP) is 2.39. The Balaban J connectivity index is 1.81. The van der Waals surface area contributed by atoms with E-state index in [1.807, 2.05) is 0 Å². The molecule has 0 radical (unpaired) electrons. The molecule has 1 fully saturated rings. The molecule has 1 aliphatic rings. The molecule has 1 aromatic heterocycles. The van der Waals surface area contributed by atoms with Crippen molar-refractivity contribution >= 4 is 25.7 Å². The van der Waals surface area contributed by atoms with Gasteiger partial charge in [-0.15, -0.1) is 0 Å². The van der Waals surface area contributed by atoms with Crippen molar-refractivity contribution in [1.29, 1.82) is 0 Å². The van der Waals surface area contributed by atoms with Crippen LogP contribution in [0, 0.1) is 13.8 Å². The normalized spacial score (nSPS) is 16.8. The second-order valence-corrected chi connectivity index (χ2v) is 10.3. The van der Waals surface area contributed by atoms with Crippen LogP contribution in [0.5, 0.6) is 0 Å². The Morgan fingerprint density at radius 1 is 0.963 bits per heavy atom. The highest BCUT2D eigenvalue weighted by molar-refractivity contribution is 7.92. The minimum atomic E-state index is -3.81. The summed E-state index contributed by atoms with van der Waals surface area (Å²) in [6, 6.07) is 5.81. The summed E-state index contributed by atoms with van der Waals surface area (Å²) in [6.45, 7) is 4.28. The number of hydrogen-bond acceptors (Lipinski definition) is 5. The lowest BCUT2D eigenvalue weighted by atomic mass is 10.2. The van der Waals surface area contributed by atoms with Gasteiger partial charge in [0.05, 0.1) is 16.3 Å². The molecule has 0 spiro atoms. The molecule has 1 saturated heterocycles. The van der Waals surface area contributed by atoms with Crippen LogP contribution in [0.15, 0.2) is 34.1 Å². The number of nitrogens with zero attached hydrogens (tertiary/aromatic N) is 2. The highest BCUT2D eigenvalue weighted by Gasteiger charge is 2.26. The maximum Gasteiger partial charge on any atom is 0.265 e. The minimum Gasteiger partial charge on any atom is -0.281 e. The Bertz CT molecular complexity index is 984. The first-order valence-electron chi connectivity index (χ1n) is 8.86. The summed E-state index contributed by atoms with van der Waals surface area (Å²) in [4.78, 5) is 0.270. The molecule has 0 saturated carbocycles. The maximum atomic E-state index is 12.8. The smallest absolute Gasteiger partial charge is 0.265 e. The van der Waals surface area contributed by atoms with E-state index in [2.05, 4.69) is 14.9 Å². The Morgan fingerprint density at radius 2 is 1.56 bits per heavy atom. The van der Waals surface area contributed by atoms with E-state index in [0.29, 0.717) is 30.2 Å². The van der Waals surface area contributed by atoms with Gasteiger partial charge in [0.1, 0.15) is 4.90 Å². The lowest BCUT2D eigenvalue weighted by molar-refractivity contribution is 0.424. The third kappa shape index (κ3) is 4.17. The molecular formula is C17H24N4O4S2. The fraction of sp³-hybridized carbons (Fsp3) is 0.471. The van der Waals surface area contributed by atoms with Crippen molar-refractivity contribution in [3.63, 3.8) is 0 Å². The van der Waals surface area contributed by atoms with Gasteiger partial charge >= 0.3 is 0 Å². The van der Waals surface area contributed by atoms with E-state index >= 15 is 0 Å². The Morgan fingerprint density at radius 3 is 2.07 bits per heavy atom. The number of hydrogen-bond donors (Lipinski definition) is 2. The van der Waals surface area contributed by atoms with Crippen LogP contribution < -0.4 is 4.72 Å². The number of benzene rings is 1. The average molecular weight is 413 g/mol. The molecule has 0 aliphatic carbocycles. The largest absolute Gasteiger partial charge is 0.281 e. The molecule has 2 heterocycles. The fourth-order valence-electron chi connectivity index (χ4n) is 3.27. The highest BCUT2D eigenvalue weighted by atomic mass is 32.2. The zero-order valence-electron chi connectivity index (χ0n) is 15.4. The van der Waals surface area contributed by atoms with Gasteiger partial charge in [-0.05, 0) is 51.0 Å². The Kier molecular flexibility index (Phi) is 5.59. The van der Waals surface area contributed by atoms with E-state index in [9.17, 15) is 16.8 Å². The molecule has 3 rings (SSSR count). The molecule has 148 valence electrons. The van der Waals surface area contributed by atoms with E-state index in [0.717, 1.165) is 25.7 Å². The van der Waals surface area contributed by atoms with Gasteiger partial charge < -0.3 is 0 Å². The fourth-order valence-corrected chi connectivity index (χ4v) is 6.22. The number of sulfonamides is 2. The van der Waals surface area contributed by atoms with Gasteiger partial charge in [0.25, 0.3) is 10.0 Å². The van der Waals surface area contributed by atoms with E-state index < -0.39 is 20.0 Å². The molecule has 0 bridgehead atoms. The standard InChI is InChI=1S/C17H24N4O4S2/c1-13-17(14(2)19-18-13)26(22,23)20-15-7-9-16(10-8-15)27(24,25)21-11-5-3-4-6-12-21/h7-10,20H,3-6,11-12H2,1-2H3,(H,18,19). The SMILES string of the molecule is Cc1n[nH]c(C)c1S(=O)(=O)Nc1ccc(S(=O)(=O)N2CCCCCC2)cc1. The zero-order chi connectivity index (χ0) is 19.7. The van der Waals surface area contributed by atoms with Crippen molar-refractivity contribution in [3.8, 4) is 0 Å². The molecular weight excluding hydrogens is 388 g/mol. The van der Waals surface area contributed by atoms with Crippen LogP contribution in [0.4, 0.5) is 5.69 Å². The van der Waals surface area contributed by atoms with E-state index in [1.165, 1.54) is 28.6 Å². The summed E-state index contributed by atoms with van der Waals surface area (Å²) >= 11 is 0. The molecule has 8 nitrogen and oxygen atoms in total. The van der Waals surface area contributed by atoms with Gasteiger partial charge in [-0.25, -0.2) is 16.8 Å². The van der Waals surface area contributed by atoms with Crippen molar-refractivity contribution in [2.75, 3.05) is 17.8 Å². The summed E-state index contributed by atoms with van der Waals surface area (Å²) in [6.07, 6.45) is 3.81. The number of H-pyrrole nitrogens is 1. The van der Waals surface area contributed by atoms with Crippen LogP contribution >= 0.6 is 0 Å². The second kappa shape index (κ2) is 7.61. The van der Waals surface area contributed by atoms with Crippen molar-refractivity contribution in [1.82, 2.24) is 14.5 Å².